The van der Waals surface area contributed by atoms with E-state index in [4.69, 9.17) is 0 Å². The van der Waals surface area contributed by atoms with Crippen molar-refractivity contribution in [2.24, 2.45) is 0 Å². The van der Waals surface area contributed by atoms with Crippen LogP contribution in [0.25, 0.3) is 11.6 Å². The third-order valence-corrected chi connectivity index (χ3v) is 5.71. The van der Waals surface area contributed by atoms with E-state index in [1.165, 1.54) is 17.6 Å². The Balaban J connectivity index is 2.08. The molecule has 3 rings (SSSR count). The summed E-state index contributed by atoms with van der Waals surface area (Å²) in [6, 6.07) is 13.5. The molecule has 0 aliphatic carbocycles. The Morgan fingerprint density at radius 2 is 1.88 bits per heavy atom. The van der Waals surface area contributed by atoms with E-state index in [0.29, 0.717) is 5.46 Å². The van der Waals surface area contributed by atoms with Crippen molar-refractivity contribution in [1.29, 1.82) is 0 Å². The van der Waals surface area contributed by atoms with Crippen LogP contribution in [0, 0.1) is 0 Å². The van der Waals surface area contributed by atoms with E-state index in [1.807, 2.05) is 17.5 Å². The Morgan fingerprint density at radius 1 is 1.15 bits per heavy atom. The van der Waals surface area contributed by atoms with Crippen molar-refractivity contribution >= 4 is 45.4 Å². The molecule has 0 saturated carbocycles. The van der Waals surface area contributed by atoms with Gasteiger partial charge in [-0.25, -0.2) is 13.4 Å². The van der Waals surface area contributed by atoms with E-state index in [1.54, 1.807) is 48.7 Å². The minimum absolute atomic E-state index is 0.255. The molecule has 0 saturated heterocycles. The van der Waals surface area contributed by atoms with Crippen LogP contribution in [0.1, 0.15) is 16.1 Å². The van der Waals surface area contributed by atoms with Crippen LogP contribution in [-0.2, 0) is 9.84 Å². The molecular formula is C18H16BNO4S2. The first-order valence-electron chi connectivity index (χ1n) is 7.73. The van der Waals surface area contributed by atoms with Crippen molar-refractivity contribution in [2.75, 3.05) is 6.26 Å². The zero-order chi connectivity index (χ0) is 18.7. The minimum atomic E-state index is -3.26. The van der Waals surface area contributed by atoms with Crippen LogP contribution in [-0.4, -0.2) is 36.8 Å². The van der Waals surface area contributed by atoms with Gasteiger partial charge in [0.05, 0.1) is 4.90 Å². The molecule has 0 amide bonds. The summed E-state index contributed by atoms with van der Waals surface area (Å²) < 4.78 is 23.3. The van der Waals surface area contributed by atoms with E-state index in [2.05, 4.69) is 4.98 Å². The lowest BCUT2D eigenvalue weighted by Crippen LogP contribution is -2.29. The topological polar surface area (TPSA) is 87.5 Å². The molecule has 3 aromatic rings. The monoisotopic (exact) mass is 385 g/mol. The molecule has 2 N–H and O–H groups in total. The summed E-state index contributed by atoms with van der Waals surface area (Å²) in [6.45, 7) is 0. The number of thiazole rings is 1. The van der Waals surface area contributed by atoms with Crippen molar-refractivity contribution in [1.82, 2.24) is 4.98 Å². The molecule has 5 nitrogen and oxygen atoms in total. The summed E-state index contributed by atoms with van der Waals surface area (Å²) in [5.74, 6) is 0. The van der Waals surface area contributed by atoms with Crippen LogP contribution in [0.4, 0.5) is 0 Å². The van der Waals surface area contributed by atoms with Gasteiger partial charge in [0.15, 0.2) is 9.84 Å². The van der Waals surface area contributed by atoms with Gasteiger partial charge in [0, 0.05) is 23.4 Å². The van der Waals surface area contributed by atoms with Gasteiger partial charge in [-0.2, -0.15) is 0 Å². The number of sulfone groups is 1. The number of benzene rings is 2. The van der Waals surface area contributed by atoms with Crippen LogP contribution in [0.2, 0.25) is 0 Å². The first-order chi connectivity index (χ1) is 12.3. The van der Waals surface area contributed by atoms with Gasteiger partial charge in [0.25, 0.3) is 0 Å². The molecule has 0 unspecified atom stereocenters. The molecule has 26 heavy (non-hydrogen) atoms. The first-order valence-corrected chi connectivity index (χ1v) is 10.5. The van der Waals surface area contributed by atoms with Gasteiger partial charge < -0.3 is 10.0 Å². The van der Waals surface area contributed by atoms with E-state index >= 15 is 0 Å². The van der Waals surface area contributed by atoms with Crippen LogP contribution in [0.3, 0.4) is 0 Å². The second kappa shape index (κ2) is 7.55. The predicted octanol–water partition coefficient (Wildman–Crippen LogP) is 1.82. The Kier molecular flexibility index (Phi) is 5.38. The van der Waals surface area contributed by atoms with E-state index in [-0.39, 0.29) is 4.90 Å². The van der Waals surface area contributed by atoms with Crippen LogP contribution < -0.4 is 5.46 Å². The van der Waals surface area contributed by atoms with Gasteiger partial charge in [-0.3, -0.25) is 0 Å². The summed E-state index contributed by atoms with van der Waals surface area (Å²) in [5, 5.41) is 21.4. The van der Waals surface area contributed by atoms with E-state index in [9.17, 15) is 18.5 Å². The number of nitrogens with zero attached hydrogens (tertiary/aromatic N) is 1. The second-order valence-electron chi connectivity index (χ2n) is 5.74. The quantitative estimate of drug-likeness (QED) is 0.517. The highest BCUT2D eigenvalue weighted by Crippen LogP contribution is 2.28. The fraction of sp³-hybridized carbons (Fsp3) is 0.0556. The van der Waals surface area contributed by atoms with Gasteiger partial charge in [0.2, 0.25) is 0 Å². The standard InChI is InChI=1S/C18H16BNO4S2/c1-26(23,24)16-7-5-14(6-8-16)17(18-20-9-10-25-18)12-13-3-2-4-15(11-13)19(21)22/h2-12,21-22H,1H3. The van der Waals surface area contributed by atoms with Crippen LogP contribution in [0.15, 0.2) is 65.0 Å². The average Bonchev–Trinajstić information content (AvgIpc) is 3.13. The van der Waals surface area contributed by atoms with Crippen LogP contribution >= 0.6 is 11.3 Å². The van der Waals surface area contributed by atoms with Gasteiger partial charge in [-0.05, 0) is 34.8 Å². The number of hydrogen-bond donors (Lipinski definition) is 2. The second-order valence-corrected chi connectivity index (χ2v) is 8.65. The molecule has 0 atom stereocenters. The highest BCUT2D eigenvalue weighted by Gasteiger charge is 2.13. The maximum absolute atomic E-state index is 11.7. The molecule has 0 fully saturated rings. The van der Waals surface area contributed by atoms with E-state index < -0.39 is 17.0 Å². The largest absolute Gasteiger partial charge is 0.488 e. The van der Waals surface area contributed by atoms with Crippen molar-refractivity contribution in [2.45, 2.75) is 4.90 Å². The zero-order valence-electron chi connectivity index (χ0n) is 13.9. The molecule has 0 aliphatic heterocycles. The Labute approximate surface area is 156 Å². The van der Waals surface area contributed by atoms with Crippen molar-refractivity contribution in [3.8, 4) is 0 Å². The third-order valence-electron chi connectivity index (χ3n) is 3.78. The normalized spacial score (nSPS) is 12.2. The van der Waals surface area contributed by atoms with Crippen molar-refractivity contribution < 1.29 is 18.5 Å². The molecule has 132 valence electrons. The minimum Gasteiger partial charge on any atom is -0.423 e. The predicted molar refractivity (Wildman–Crippen MR) is 105 cm³/mol. The van der Waals surface area contributed by atoms with Gasteiger partial charge >= 0.3 is 7.12 Å². The molecule has 1 heterocycles. The fourth-order valence-electron chi connectivity index (χ4n) is 2.48. The average molecular weight is 385 g/mol. The molecule has 0 bridgehead atoms. The maximum atomic E-state index is 11.7. The summed E-state index contributed by atoms with van der Waals surface area (Å²) >= 11 is 1.47. The lowest BCUT2D eigenvalue weighted by atomic mass is 9.79. The van der Waals surface area contributed by atoms with Gasteiger partial charge in [-0.15, -0.1) is 11.3 Å². The lowest BCUT2D eigenvalue weighted by Gasteiger charge is -2.08. The number of aromatic nitrogens is 1. The highest BCUT2D eigenvalue weighted by molar-refractivity contribution is 7.90. The Hall–Kier alpha value is -2.26. The van der Waals surface area contributed by atoms with Crippen molar-refractivity contribution in [3.63, 3.8) is 0 Å². The van der Waals surface area contributed by atoms with Crippen LogP contribution in [0.5, 0.6) is 0 Å². The molecule has 0 radical (unpaired) electrons. The molecule has 0 aliphatic rings. The summed E-state index contributed by atoms with van der Waals surface area (Å²) in [7, 11) is -4.80. The van der Waals surface area contributed by atoms with Gasteiger partial charge in [-0.1, -0.05) is 36.4 Å². The van der Waals surface area contributed by atoms with Crippen molar-refractivity contribution in [3.05, 3.63) is 76.2 Å². The molecular weight excluding hydrogens is 369 g/mol. The first kappa shape index (κ1) is 18.5. The summed E-state index contributed by atoms with van der Waals surface area (Å²) in [5.41, 5.74) is 2.82. The Bertz CT molecular complexity index is 1030. The molecule has 2 aromatic carbocycles. The summed E-state index contributed by atoms with van der Waals surface area (Å²) in [6.07, 6.45) is 4.76. The number of hydrogen-bond acceptors (Lipinski definition) is 6. The number of rotatable bonds is 5. The third kappa shape index (κ3) is 4.28. The molecule has 8 heteroatoms. The van der Waals surface area contributed by atoms with E-state index in [0.717, 1.165) is 21.7 Å². The van der Waals surface area contributed by atoms with Gasteiger partial charge in [0.1, 0.15) is 5.01 Å². The summed E-state index contributed by atoms with van der Waals surface area (Å²) in [4.78, 5) is 4.61. The fourth-order valence-corrected chi connectivity index (χ4v) is 3.79. The Morgan fingerprint density at radius 3 is 2.46 bits per heavy atom. The highest BCUT2D eigenvalue weighted by atomic mass is 32.2. The maximum Gasteiger partial charge on any atom is 0.488 e. The smallest absolute Gasteiger partial charge is 0.423 e. The molecule has 0 spiro atoms. The SMILES string of the molecule is CS(=O)(=O)c1ccc(C(=Cc2cccc(B(O)O)c2)c2nccs2)cc1. The zero-order valence-corrected chi connectivity index (χ0v) is 15.5. The lowest BCUT2D eigenvalue weighted by molar-refractivity contribution is 0.426. The molecule has 1 aromatic heterocycles.